The number of rotatable bonds is 6. The van der Waals surface area contributed by atoms with Gasteiger partial charge in [0.2, 0.25) is 11.8 Å². The largest absolute Gasteiger partial charge is 0.497 e. The maximum Gasteiger partial charge on any atom is 0.254 e. The summed E-state index contributed by atoms with van der Waals surface area (Å²) in [5.74, 6) is -0.308. The molecule has 0 saturated carbocycles. The molecule has 2 heterocycles. The fourth-order valence-corrected chi connectivity index (χ4v) is 4.25. The van der Waals surface area contributed by atoms with Crippen molar-refractivity contribution in [1.29, 1.82) is 0 Å². The SMILES string of the molecule is COc1ccc(C2(CNC(=O)C[C@@H]3NC(=O)c4ccccc4NC3=O)CCOCC2)cc1. The molecule has 3 amide bonds. The Hall–Kier alpha value is -3.39. The van der Waals surface area contributed by atoms with Gasteiger partial charge >= 0.3 is 0 Å². The molecule has 4 rings (SSSR count). The lowest BCUT2D eigenvalue weighted by Gasteiger charge is -2.38. The second kappa shape index (κ2) is 9.40. The monoisotopic (exact) mass is 437 g/mol. The normalized spacial score (nSPS) is 19.7. The highest BCUT2D eigenvalue weighted by Crippen LogP contribution is 2.35. The van der Waals surface area contributed by atoms with Gasteiger partial charge in [0.1, 0.15) is 11.8 Å². The van der Waals surface area contributed by atoms with E-state index in [1.807, 2.05) is 24.3 Å². The predicted molar refractivity (Wildman–Crippen MR) is 119 cm³/mol. The van der Waals surface area contributed by atoms with Crippen molar-refractivity contribution in [1.82, 2.24) is 10.6 Å². The van der Waals surface area contributed by atoms with Gasteiger partial charge in [0.15, 0.2) is 0 Å². The van der Waals surface area contributed by atoms with E-state index in [-0.39, 0.29) is 23.7 Å². The first-order chi connectivity index (χ1) is 15.5. The summed E-state index contributed by atoms with van der Waals surface area (Å²) in [5, 5.41) is 8.38. The van der Waals surface area contributed by atoms with Crippen LogP contribution in [0.4, 0.5) is 5.69 Å². The first kappa shape index (κ1) is 21.8. The molecule has 168 valence electrons. The third-order valence-corrected chi connectivity index (χ3v) is 6.22. The summed E-state index contributed by atoms with van der Waals surface area (Å²) in [6, 6.07) is 13.7. The minimum atomic E-state index is -0.943. The van der Waals surface area contributed by atoms with Crippen LogP contribution in [-0.2, 0) is 19.7 Å². The lowest BCUT2D eigenvalue weighted by molar-refractivity contribution is -0.126. The maximum absolute atomic E-state index is 12.8. The number of methoxy groups -OCH3 is 1. The van der Waals surface area contributed by atoms with Gasteiger partial charge in [-0.1, -0.05) is 24.3 Å². The predicted octanol–water partition coefficient (Wildman–Crippen LogP) is 2.00. The molecule has 0 spiro atoms. The van der Waals surface area contributed by atoms with Crippen LogP contribution in [0.1, 0.15) is 35.2 Å². The molecule has 2 aliphatic heterocycles. The summed E-state index contributed by atoms with van der Waals surface area (Å²) >= 11 is 0. The van der Waals surface area contributed by atoms with Crippen molar-refractivity contribution in [2.75, 3.05) is 32.2 Å². The van der Waals surface area contributed by atoms with Gasteiger partial charge in [0.25, 0.3) is 5.91 Å². The van der Waals surface area contributed by atoms with Crippen LogP contribution in [-0.4, -0.2) is 50.6 Å². The molecule has 1 fully saturated rings. The third kappa shape index (κ3) is 4.60. The molecule has 1 saturated heterocycles. The molecule has 1 atom stereocenters. The fourth-order valence-electron chi connectivity index (χ4n) is 4.25. The number of hydrogen-bond donors (Lipinski definition) is 3. The van der Waals surface area contributed by atoms with E-state index < -0.39 is 11.9 Å². The Balaban J connectivity index is 1.42. The van der Waals surface area contributed by atoms with Gasteiger partial charge in [0, 0.05) is 25.2 Å². The van der Waals surface area contributed by atoms with Gasteiger partial charge in [-0.25, -0.2) is 0 Å². The van der Waals surface area contributed by atoms with Crippen LogP contribution in [0, 0.1) is 0 Å². The standard InChI is InChI=1S/C24H27N3O5/c1-31-17-8-6-16(7-9-17)24(10-12-32-13-11-24)15-25-21(28)14-20-23(30)26-19-5-3-2-4-18(19)22(29)27-20/h2-9,20H,10-15H2,1H3,(H,25,28)(H,26,30)(H,27,29)/t20-/m0/s1. The molecule has 0 radical (unpaired) electrons. The highest BCUT2D eigenvalue weighted by Gasteiger charge is 2.36. The minimum Gasteiger partial charge on any atom is -0.497 e. The van der Waals surface area contributed by atoms with Crippen molar-refractivity contribution in [3.05, 3.63) is 59.7 Å². The smallest absolute Gasteiger partial charge is 0.254 e. The number of ether oxygens (including phenoxy) is 2. The molecule has 2 aliphatic rings. The van der Waals surface area contributed by atoms with E-state index in [1.54, 1.807) is 31.4 Å². The summed E-state index contributed by atoms with van der Waals surface area (Å²) in [6.45, 7) is 1.65. The number of anilines is 1. The minimum absolute atomic E-state index is 0.138. The average molecular weight is 437 g/mol. The Morgan fingerprint density at radius 3 is 2.56 bits per heavy atom. The van der Waals surface area contributed by atoms with Crippen molar-refractivity contribution in [3.8, 4) is 5.75 Å². The molecule has 3 N–H and O–H groups in total. The topological polar surface area (TPSA) is 106 Å². The number of benzene rings is 2. The van der Waals surface area contributed by atoms with Gasteiger partial charge in [0.05, 0.1) is 24.8 Å². The molecular weight excluding hydrogens is 410 g/mol. The summed E-state index contributed by atoms with van der Waals surface area (Å²) in [4.78, 5) is 37.8. The number of fused-ring (bicyclic) bond motifs is 1. The van der Waals surface area contributed by atoms with Crippen molar-refractivity contribution in [2.24, 2.45) is 0 Å². The van der Waals surface area contributed by atoms with Crippen LogP contribution < -0.4 is 20.7 Å². The fraction of sp³-hybridized carbons (Fsp3) is 0.375. The van der Waals surface area contributed by atoms with Crippen LogP contribution in [0.5, 0.6) is 5.75 Å². The number of carbonyl (C=O) groups is 3. The molecule has 0 unspecified atom stereocenters. The van der Waals surface area contributed by atoms with E-state index >= 15 is 0 Å². The van der Waals surface area contributed by atoms with E-state index in [9.17, 15) is 14.4 Å². The lowest BCUT2D eigenvalue weighted by Crippen LogP contribution is -2.48. The van der Waals surface area contributed by atoms with E-state index in [4.69, 9.17) is 9.47 Å². The van der Waals surface area contributed by atoms with Crippen LogP contribution in [0.2, 0.25) is 0 Å². The zero-order valence-electron chi connectivity index (χ0n) is 18.0. The summed E-state index contributed by atoms with van der Waals surface area (Å²) < 4.78 is 10.8. The van der Waals surface area contributed by atoms with Crippen molar-refractivity contribution < 1.29 is 23.9 Å². The zero-order chi connectivity index (χ0) is 22.6. The molecule has 32 heavy (non-hydrogen) atoms. The average Bonchev–Trinajstić information content (AvgIpc) is 2.94. The van der Waals surface area contributed by atoms with E-state index in [2.05, 4.69) is 16.0 Å². The van der Waals surface area contributed by atoms with Crippen molar-refractivity contribution in [2.45, 2.75) is 30.7 Å². The first-order valence-electron chi connectivity index (χ1n) is 10.7. The molecule has 8 heteroatoms. The van der Waals surface area contributed by atoms with E-state index in [0.29, 0.717) is 31.0 Å². The Kier molecular flexibility index (Phi) is 6.41. The molecule has 2 aromatic rings. The van der Waals surface area contributed by atoms with Crippen LogP contribution in [0.25, 0.3) is 0 Å². The number of amides is 3. The Labute approximate surface area is 186 Å². The van der Waals surface area contributed by atoms with Gasteiger partial charge in [-0.15, -0.1) is 0 Å². The van der Waals surface area contributed by atoms with Crippen molar-refractivity contribution in [3.63, 3.8) is 0 Å². The molecule has 2 aromatic carbocycles. The van der Waals surface area contributed by atoms with Gasteiger partial charge in [-0.2, -0.15) is 0 Å². The quantitative estimate of drug-likeness (QED) is 0.641. The second-order valence-electron chi connectivity index (χ2n) is 8.16. The molecule has 8 nitrogen and oxygen atoms in total. The number of para-hydroxylation sites is 1. The summed E-state index contributed by atoms with van der Waals surface area (Å²) in [6.07, 6.45) is 1.41. The zero-order valence-corrected chi connectivity index (χ0v) is 18.0. The van der Waals surface area contributed by atoms with Gasteiger partial charge in [-0.3, -0.25) is 14.4 Å². The molecule has 0 bridgehead atoms. The molecular formula is C24H27N3O5. The first-order valence-corrected chi connectivity index (χ1v) is 10.7. The van der Waals surface area contributed by atoms with E-state index in [0.717, 1.165) is 24.2 Å². The third-order valence-electron chi connectivity index (χ3n) is 6.22. The number of hydrogen-bond acceptors (Lipinski definition) is 5. The van der Waals surface area contributed by atoms with Gasteiger partial charge in [-0.05, 0) is 42.7 Å². The lowest BCUT2D eigenvalue weighted by atomic mass is 9.74. The number of nitrogens with one attached hydrogen (secondary N) is 3. The maximum atomic E-state index is 12.8. The summed E-state index contributed by atoms with van der Waals surface area (Å²) in [5.41, 5.74) is 1.67. The van der Waals surface area contributed by atoms with E-state index in [1.165, 1.54) is 0 Å². The van der Waals surface area contributed by atoms with Crippen LogP contribution in [0.3, 0.4) is 0 Å². The molecule has 0 aliphatic carbocycles. The number of carbonyl (C=O) groups excluding carboxylic acids is 3. The van der Waals surface area contributed by atoms with Crippen LogP contribution in [0.15, 0.2) is 48.5 Å². The molecule has 0 aromatic heterocycles. The Morgan fingerprint density at radius 1 is 1.12 bits per heavy atom. The second-order valence-corrected chi connectivity index (χ2v) is 8.16. The van der Waals surface area contributed by atoms with Crippen LogP contribution >= 0.6 is 0 Å². The highest BCUT2D eigenvalue weighted by atomic mass is 16.5. The van der Waals surface area contributed by atoms with Gasteiger partial charge < -0.3 is 25.4 Å². The van der Waals surface area contributed by atoms with Crippen molar-refractivity contribution >= 4 is 23.4 Å². The summed E-state index contributed by atoms with van der Waals surface area (Å²) in [7, 11) is 1.63. The Bertz CT molecular complexity index is 999. The highest BCUT2D eigenvalue weighted by molar-refractivity contribution is 6.10. The Morgan fingerprint density at radius 2 is 1.84 bits per heavy atom.